The summed E-state index contributed by atoms with van der Waals surface area (Å²) in [5, 5.41) is 7.25. The van der Waals surface area contributed by atoms with E-state index in [4.69, 9.17) is 0 Å². The molecule has 3 N–H and O–H groups in total. The van der Waals surface area contributed by atoms with Gasteiger partial charge in [-0.15, -0.1) is 0 Å². The second-order valence-corrected chi connectivity index (χ2v) is 7.52. The van der Waals surface area contributed by atoms with Gasteiger partial charge in [0, 0.05) is 11.0 Å². The molecule has 1 aliphatic rings. The minimum atomic E-state index is -1.28. The minimum absolute atomic E-state index is 0.229. The van der Waals surface area contributed by atoms with Gasteiger partial charge in [-0.05, 0) is 30.5 Å². The Bertz CT molecular complexity index is 752. The molecule has 6 amide bonds. The zero-order valence-corrected chi connectivity index (χ0v) is 16.3. The van der Waals surface area contributed by atoms with Crippen molar-refractivity contribution >= 4 is 39.8 Å². The molecule has 26 heavy (non-hydrogen) atoms. The van der Waals surface area contributed by atoms with Crippen LogP contribution in [-0.4, -0.2) is 41.9 Å². The van der Waals surface area contributed by atoms with E-state index in [1.54, 1.807) is 31.2 Å². The number of nitrogens with one attached hydrogen (secondary N) is 3. The number of nitrogens with zero attached hydrogens (tertiary/aromatic N) is 1. The van der Waals surface area contributed by atoms with Crippen molar-refractivity contribution in [1.29, 1.82) is 0 Å². The molecule has 2 rings (SSSR count). The molecular weight excluding hydrogens is 404 g/mol. The van der Waals surface area contributed by atoms with E-state index >= 15 is 0 Å². The first-order chi connectivity index (χ1) is 12.1. The quantitative estimate of drug-likeness (QED) is 0.625. The van der Waals surface area contributed by atoms with Gasteiger partial charge in [-0.3, -0.25) is 19.8 Å². The summed E-state index contributed by atoms with van der Waals surface area (Å²) >= 11 is 3.33. The highest BCUT2D eigenvalue weighted by Gasteiger charge is 2.49. The molecule has 0 aromatic heterocycles. The zero-order valence-electron chi connectivity index (χ0n) is 14.8. The van der Waals surface area contributed by atoms with Gasteiger partial charge in [0.1, 0.15) is 12.1 Å². The lowest BCUT2D eigenvalue weighted by atomic mass is 9.92. The van der Waals surface area contributed by atoms with Crippen LogP contribution in [0.4, 0.5) is 9.59 Å². The van der Waals surface area contributed by atoms with Gasteiger partial charge in [-0.2, -0.15) is 0 Å². The van der Waals surface area contributed by atoms with Crippen LogP contribution >= 0.6 is 15.9 Å². The van der Waals surface area contributed by atoms with E-state index in [-0.39, 0.29) is 5.92 Å². The number of carbonyl (C=O) groups excluding carboxylic acids is 4. The summed E-state index contributed by atoms with van der Waals surface area (Å²) in [4.78, 5) is 49.3. The van der Waals surface area contributed by atoms with Gasteiger partial charge in [0.15, 0.2) is 0 Å². The van der Waals surface area contributed by atoms with Crippen molar-refractivity contribution in [2.24, 2.45) is 5.92 Å². The van der Waals surface area contributed by atoms with Gasteiger partial charge in [0.2, 0.25) is 5.91 Å². The number of hydrogen-bond acceptors (Lipinski definition) is 4. The predicted octanol–water partition coefficient (Wildman–Crippen LogP) is 1.70. The lowest BCUT2D eigenvalue weighted by Gasteiger charge is -2.22. The molecule has 1 atom stereocenters. The number of hydrogen-bond donors (Lipinski definition) is 3. The maximum absolute atomic E-state index is 12.7. The molecule has 0 spiro atoms. The van der Waals surface area contributed by atoms with Crippen LogP contribution < -0.4 is 16.0 Å². The van der Waals surface area contributed by atoms with Gasteiger partial charge >= 0.3 is 12.1 Å². The molecule has 0 radical (unpaired) electrons. The summed E-state index contributed by atoms with van der Waals surface area (Å²) in [6, 6.07) is 5.64. The van der Waals surface area contributed by atoms with E-state index in [0.717, 1.165) is 9.37 Å². The second kappa shape index (κ2) is 7.86. The fraction of sp³-hybridized carbons (Fsp3) is 0.412. The van der Waals surface area contributed by atoms with Crippen molar-refractivity contribution in [2.45, 2.75) is 26.3 Å². The summed E-state index contributed by atoms with van der Waals surface area (Å²) in [5.41, 5.74) is -0.691. The van der Waals surface area contributed by atoms with Crippen molar-refractivity contribution in [3.63, 3.8) is 0 Å². The number of amides is 6. The standard InChI is InChI=1S/C17H21BrN4O4/c1-10(2)8-19-15(25)20-13(23)9-22-14(24)17(3,21-16(22)26)11-5-4-6-12(18)7-11/h4-7,10H,8-9H2,1-3H3,(H,21,26)(H2,19,20,23,25)/t17-/m0/s1. The molecule has 0 unspecified atom stereocenters. The number of urea groups is 2. The van der Waals surface area contributed by atoms with Crippen LogP contribution in [0.25, 0.3) is 0 Å². The maximum atomic E-state index is 12.7. The Morgan fingerprint density at radius 1 is 1.31 bits per heavy atom. The molecule has 1 fully saturated rings. The lowest BCUT2D eigenvalue weighted by molar-refractivity contribution is -0.134. The molecule has 9 heteroatoms. The van der Waals surface area contributed by atoms with Crippen molar-refractivity contribution in [1.82, 2.24) is 20.9 Å². The minimum Gasteiger partial charge on any atom is -0.338 e. The van der Waals surface area contributed by atoms with Gasteiger partial charge in [-0.1, -0.05) is 41.9 Å². The first-order valence-corrected chi connectivity index (χ1v) is 8.90. The highest BCUT2D eigenvalue weighted by atomic mass is 79.9. The third-order valence-electron chi connectivity index (χ3n) is 3.90. The fourth-order valence-corrected chi connectivity index (χ4v) is 2.89. The molecule has 0 aliphatic carbocycles. The maximum Gasteiger partial charge on any atom is 0.325 e. The zero-order chi connectivity index (χ0) is 19.5. The van der Waals surface area contributed by atoms with E-state index < -0.39 is 36.0 Å². The summed E-state index contributed by atoms with van der Waals surface area (Å²) < 4.78 is 0.760. The van der Waals surface area contributed by atoms with Crippen LogP contribution in [-0.2, 0) is 15.1 Å². The lowest BCUT2D eigenvalue weighted by Crippen LogP contribution is -2.47. The summed E-state index contributed by atoms with van der Waals surface area (Å²) in [6.45, 7) is 5.27. The molecule has 0 bridgehead atoms. The van der Waals surface area contributed by atoms with Crippen molar-refractivity contribution in [2.75, 3.05) is 13.1 Å². The van der Waals surface area contributed by atoms with Crippen LogP contribution in [0.2, 0.25) is 0 Å². The van der Waals surface area contributed by atoms with Crippen LogP contribution in [0.3, 0.4) is 0 Å². The van der Waals surface area contributed by atoms with Gasteiger partial charge in [0.25, 0.3) is 5.91 Å². The van der Waals surface area contributed by atoms with Crippen LogP contribution in [0.15, 0.2) is 28.7 Å². The third kappa shape index (κ3) is 4.40. The van der Waals surface area contributed by atoms with Crippen LogP contribution in [0.5, 0.6) is 0 Å². The highest BCUT2D eigenvalue weighted by molar-refractivity contribution is 9.10. The van der Waals surface area contributed by atoms with E-state index in [2.05, 4.69) is 31.9 Å². The Morgan fingerprint density at radius 2 is 2.00 bits per heavy atom. The van der Waals surface area contributed by atoms with Crippen molar-refractivity contribution in [3.8, 4) is 0 Å². The smallest absolute Gasteiger partial charge is 0.325 e. The first-order valence-electron chi connectivity index (χ1n) is 8.11. The Hall–Kier alpha value is -2.42. The summed E-state index contributed by atoms with van der Waals surface area (Å²) in [7, 11) is 0. The second-order valence-electron chi connectivity index (χ2n) is 6.61. The Balaban J connectivity index is 2.05. The number of benzene rings is 1. The van der Waals surface area contributed by atoms with E-state index in [1.807, 2.05) is 13.8 Å². The molecule has 0 saturated carbocycles. The molecule has 1 saturated heterocycles. The average Bonchev–Trinajstić information content (AvgIpc) is 2.77. The SMILES string of the molecule is CC(C)CNC(=O)NC(=O)CN1C(=O)N[C@@](C)(c2cccc(Br)c2)C1=O. The Morgan fingerprint density at radius 3 is 2.62 bits per heavy atom. The molecule has 1 aromatic carbocycles. The fourth-order valence-electron chi connectivity index (χ4n) is 2.49. The Labute approximate surface area is 159 Å². The number of carbonyl (C=O) groups is 4. The van der Waals surface area contributed by atoms with Crippen molar-refractivity contribution in [3.05, 3.63) is 34.3 Å². The van der Waals surface area contributed by atoms with E-state index in [1.165, 1.54) is 0 Å². The molecule has 140 valence electrons. The number of imide groups is 2. The monoisotopic (exact) mass is 424 g/mol. The first kappa shape index (κ1) is 19.9. The molecule has 1 aliphatic heterocycles. The normalized spacial score (nSPS) is 19.5. The van der Waals surface area contributed by atoms with Gasteiger partial charge in [0.05, 0.1) is 0 Å². The van der Waals surface area contributed by atoms with E-state index in [0.29, 0.717) is 12.1 Å². The van der Waals surface area contributed by atoms with Gasteiger partial charge < -0.3 is 10.6 Å². The summed E-state index contributed by atoms with van der Waals surface area (Å²) in [5.74, 6) is -1.07. The third-order valence-corrected chi connectivity index (χ3v) is 4.40. The average molecular weight is 425 g/mol. The predicted molar refractivity (Wildman–Crippen MR) is 98.1 cm³/mol. The number of halogens is 1. The topological polar surface area (TPSA) is 108 Å². The number of rotatable bonds is 5. The molecular formula is C17H21BrN4O4. The largest absolute Gasteiger partial charge is 0.338 e. The van der Waals surface area contributed by atoms with Gasteiger partial charge in [-0.25, -0.2) is 9.59 Å². The highest BCUT2D eigenvalue weighted by Crippen LogP contribution is 2.30. The molecule has 1 aromatic rings. The Kier molecular flexibility index (Phi) is 6.01. The molecule has 8 nitrogen and oxygen atoms in total. The van der Waals surface area contributed by atoms with Crippen LogP contribution in [0.1, 0.15) is 26.3 Å². The summed E-state index contributed by atoms with van der Waals surface area (Å²) in [6.07, 6.45) is 0. The van der Waals surface area contributed by atoms with Crippen LogP contribution in [0, 0.1) is 5.92 Å². The molecule has 1 heterocycles. The van der Waals surface area contributed by atoms with E-state index in [9.17, 15) is 19.2 Å². The van der Waals surface area contributed by atoms with Crippen molar-refractivity contribution < 1.29 is 19.2 Å².